The van der Waals surface area contributed by atoms with Crippen molar-refractivity contribution < 1.29 is 6.16 Å². The van der Waals surface area contributed by atoms with E-state index in [-0.39, 0.29) is 1.43 Å². The van der Waals surface area contributed by atoms with Crippen LogP contribution in [-0.4, -0.2) is 13.7 Å². The molecule has 0 unspecified atom stereocenters. The molecule has 0 aliphatic carbocycles. The lowest BCUT2D eigenvalue weighted by Crippen LogP contribution is -2.02. The number of rotatable bonds is 3. The van der Waals surface area contributed by atoms with Gasteiger partial charge >= 0.3 is 0 Å². The molecule has 0 saturated carbocycles. The molecule has 0 spiro atoms. The van der Waals surface area contributed by atoms with Crippen LogP contribution < -0.4 is 10.5 Å². The fourth-order valence-corrected chi connectivity index (χ4v) is 1.72. The maximum absolute atomic E-state index is 5.53. The van der Waals surface area contributed by atoms with Crippen molar-refractivity contribution in [2.45, 2.75) is 20.3 Å². The fraction of sp³-hybridized carbons (Fsp3) is 0.333. The molecule has 94 valence electrons. The first kappa shape index (κ1) is 13.5. The fourth-order valence-electron chi connectivity index (χ4n) is 1.72. The number of fused-ring (bicyclic) bond motifs is 1. The van der Waals surface area contributed by atoms with Gasteiger partial charge in [0.15, 0.2) is 0 Å². The molecule has 0 fully saturated rings. The summed E-state index contributed by atoms with van der Waals surface area (Å²) in [4.78, 5) is 0. The third-order valence-electron chi connectivity index (χ3n) is 2.54. The zero-order chi connectivity index (χ0) is 12.7. The Balaban J connectivity index is 0.000000917. The Morgan fingerprint density at radius 2 is 1.71 bits per heavy atom. The van der Waals surface area contributed by atoms with Gasteiger partial charge in [-0.1, -0.05) is 38.1 Å². The molecule has 0 amide bonds. The van der Waals surface area contributed by atoms with E-state index in [4.69, 9.17) is 10.5 Å². The van der Waals surface area contributed by atoms with E-state index in [9.17, 15) is 0 Å². The standard InChI is InChI=1S/C13H15NO.C2H6.H2/c1-15-13-5-4-11-8-10(6-7-14)2-3-12(11)9-13;1-2;/h2-5,8-9H,6-7,14H2,1H3;1-2H3;1H. The number of nitrogens with two attached hydrogens (primary N) is 1. The number of methoxy groups -OCH3 is 1. The smallest absolute Gasteiger partial charge is 0.119 e. The molecule has 0 heterocycles. The number of ether oxygens (including phenoxy) is 1. The largest absolute Gasteiger partial charge is 0.497 e. The molecule has 2 aromatic carbocycles. The van der Waals surface area contributed by atoms with Gasteiger partial charge in [-0.25, -0.2) is 0 Å². The predicted molar refractivity (Wildman–Crippen MR) is 76.7 cm³/mol. The van der Waals surface area contributed by atoms with E-state index in [1.54, 1.807) is 7.11 Å². The first-order chi connectivity index (χ1) is 8.33. The van der Waals surface area contributed by atoms with Gasteiger partial charge in [0.2, 0.25) is 0 Å². The minimum Gasteiger partial charge on any atom is -0.497 e. The van der Waals surface area contributed by atoms with E-state index in [1.807, 2.05) is 26.0 Å². The van der Waals surface area contributed by atoms with Gasteiger partial charge in [-0.3, -0.25) is 0 Å². The highest BCUT2D eigenvalue weighted by atomic mass is 16.5. The average Bonchev–Trinajstić information content (AvgIpc) is 2.41. The summed E-state index contributed by atoms with van der Waals surface area (Å²) in [5, 5.41) is 2.44. The number of benzene rings is 2. The van der Waals surface area contributed by atoms with Gasteiger partial charge in [-0.15, -0.1) is 0 Å². The first-order valence-corrected chi connectivity index (χ1v) is 6.10. The highest BCUT2D eigenvalue weighted by Gasteiger charge is 1.98. The van der Waals surface area contributed by atoms with Crippen LogP contribution in [0.2, 0.25) is 0 Å². The van der Waals surface area contributed by atoms with Crippen molar-refractivity contribution in [3.8, 4) is 5.75 Å². The van der Waals surface area contributed by atoms with E-state index in [2.05, 4.69) is 24.3 Å². The van der Waals surface area contributed by atoms with Crippen molar-refractivity contribution in [2.75, 3.05) is 13.7 Å². The van der Waals surface area contributed by atoms with E-state index >= 15 is 0 Å². The summed E-state index contributed by atoms with van der Waals surface area (Å²) in [6, 6.07) is 12.5. The minimum atomic E-state index is 0. The normalized spacial score (nSPS) is 9.65. The SMILES string of the molecule is CC.COc1ccc2cc(CCN)ccc2c1.[HH]. The van der Waals surface area contributed by atoms with Crippen LogP contribution in [-0.2, 0) is 6.42 Å². The van der Waals surface area contributed by atoms with Crippen LogP contribution in [0.3, 0.4) is 0 Å². The molecule has 2 N–H and O–H groups in total. The second-order valence-corrected chi connectivity index (χ2v) is 3.59. The second-order valence-electron chi connectivity index (χ2n) is 3.59. The third kappa shape index (κ3) is 3.46. The van der Waals surface area contributed by atoms with E-state index in [1.165, 1.54) is 16.3 Å². The Labute approximate surface area is 105 Å². The molecule has 0 atom stereocenters. The highest BCUT2D eigenvalue weighted by molar-refractivity contribution is 5.84. The summed E-state index contributed by atoms with van der Waals surface area (Å²) >= 11 is 0. The minimum absolute atomic E-state index is 0. The molecular formula is C15H23NO. The molecule has 0 bridgehead atoms. The zero-order valence-electron chi connectivity index (χ0n) is 10.9. The molecule has 17 heavy (non-hydrogen) atoms. The van der Waals surface area contributed by atoms with Crippen LogP contribution in [0, 0.1) is 0 Å². The molecule has 0 saturated heterocycles. The highest BCUT2D eigenvalue weighted by Crippen LogP contribution is 2.21. The summed E-state index contributed by atoms with van der Waals surface area (Å²) in [5.41, 5.74) is 6.82. The summed E-state index contributed by atoms with van der Waals surface area (Å²) in [5.74, 6) is 0.897. The molecule has 2 aromatic rings. The van der Waals surface area contributed by atoms with Gasteiger partial charge in [0.25, 0.3) is 0 Å². The van der Waals surface area contributed by atoms with Gasteiger partial charge in [0, 0.05) is 1.43 Å². The quantitative estimate of drug-likeness (QED) is 0.878. The van der Waals surface area contributed by atoms with Crippen molar-refractivity contribution in [3.63, 3.8) is 0 Å². The van der Waals surface area contributed by atoms with Crippen LogP contribution in [0.5, 0.6) is 5.75 Å². The van der Waals surface area contributed by atoms with E-state index in [0.29, 0.717) is 6.54 Å². The lowest BCUT2D eigenvalue weighted by molar-refractivity contribution is 0.415. The monoisotopic (exact) mass is 233 g/mol. The lowest BCUT2D eigenvalue weighted by atomic mass is 10.0. The molecule has 2 rings (SSSR count). The summed E-state index contributed by atoms with van der Waals surface area (Å²) < 4.78 is 5.18. The molecule has 0 aliphatic heterocycles. The molecule has 0 radical (unpaired) electrons. The van der Waals surface area contributed by atoms with Gasteiger partial charge in [0.05, 0.1) is 7.11 Å². The summed E-state index contributed by atoms with van der Waals surface area (Å²) in [6.45, 7) is 4.70. The summed E-state index contributed by atoms with van der Waals surface area (Å²) in [6.07, 6.45) is 0.933. The molecule has 2 nitrogen and oxygen atoms in total. The third-order valence-corrected chi connectivity index (χ3v) is 2.54. The van der Waals surface area contributed by atoms with Gasteiger partial charge < -0.3 is 10.5 Å². The van der Waals surface area contributed by atoms with Crippen LogP contribution in [0.25, 0.3) is 10.8 Å². The maximum Gasteiger partial charge on any atom is 0.119 e. The molecule has 0 aliphatic rings. The second kappa shape index (κ2) is 6.92. The van der Waals surface area contributed by atoms with Gasteiger partial charge in [0.1, 0.15) is 5.75 Å². The van der Waals surface area contributed by atoms with Crippen LogP contribution in [0.4, 0.5) is 0 Å². The molecular weight excluding hydrogens is 210 g/mol. The lowest BCUT2D eigenvalue weighted by Gasteiger charge is -2.04. The van der Waals surface area contributed by atoms with E-state index in [0.717, 1.165) is 12.2 Å². The van der Waals surface area contributed by atoms with Crippen molar-refractivity contribution in [3.05, 3.63) is 42.0 Å². The average molecular weight is 233 g/mol. The maximum atomic E-state index is 5.53. The van der Waals surface area contributed by atoms with Crippen LogP contribution >= 0.6 is 0 Å². The van der Waals surface area contributed by atoms with Crippen LogP contribution in [0.15, 0.2) is 36.4 Å². The first-order valence-electron chi connectivity index (χ1n) is 6.10. The Hall–Kier alpha value is -1.54. The Kier molecular flexibility index (Phi) is 5.50. The number of hydrogen-bond acceptors (Lipinski definition) is 2. The zero-order valence-corrected chi connectivity index (χ0v) is 10.9. The molecule has 2 heteroatoms. The van der Waals surface area contributed by atoms with Gasteiger partial charge in [-0.05, 0) is 41.4 Å². The topological polar surface area (TPSA) is 35.2 Å². The predicted octanol–water partition coefficient (Wildman–Crippen LogP) is 3.62. The Morgan fingerprint density at radius 1 is 1.06 bits per heavy atom. The van der Waals surface area contributed by atoms with Gasteiger partial charge in [-0.2, -0.15) is 0 Å². The van der Waals surface area contributed by atoms with Crippen molar-refractivity contribution in [2.24, 2.45) is 5.73 Å². The molecule has 0 aromatic heterocycles. The number of hydrogen-bond donors (Lipinski definition) is 1. The van der Waals surface area contributed by atoms with Crippen molar-refractivity contribution >= 4 is 10.8 Å². The summed E-state index contributed by atoms with van der Waals surface area (Å²) in [7, 11) is 1.68. The Morgan fingerprint density at radius 3 is 2.35 bits per heavy atom. The van der Waals surface area contributed by atoms with E-state index < -0.39 is 0 Å². The van der Waals surface area contributed by atoms with Crippen molar-refractivity contribution in [1.82, 2.24) is 0 Å². The van der Waals surface area contributed by atoms with Crippen molar-refractivity contribution in [1.29, 1.82) is 0 Å². The Bertz CT molecular complexity index is 471. The van der Waals surface area contributed by atoms with Crippen LogP contribution in [0.1, 0.15) is 20.8 Å².